The van der Waals surface area contributed by atoms with E-state index in [0.29, 0.717) is 5.56 Å². The highest BCUT2D eigenvalue weighted by atomic mass is 79.9. The molecule has 0 fully saturated rings. The first kappa shape index (κ1) is 14.2. The third-order valence-electron chi connectivity index (χ3n) is 2.45. The van der Waals surface area contributed by atoms with Gasteiger partial charge in [0.15, 0.2) is 0 Å². The van der Waals surface area contributed by atoms with E-state index >= 15 is 0 Å². The summed E-state index contributed by atoms with van der Waals surface area (Å²) in [4.78, 5) is 11.7. The van der Waals surface area contributed by atoms with Gasteiger partial charge in [0.25, 0.3) is 5.91 Å². The molecule has 2 aromatic rings. The number of phenols is 1. The molecule has 0 aromatic heterocycles. The zero-order valence-electron chi connectivity index (χ0n) is 10.2. The predicted octanol–water partition coefficient (Wildman–Crippen LogP) is 3.06. The van der Waals surface area contributed by atoms with Gasteiger partial charge < -0.3 is 5.11 Å². The molecule has 0 saturated heterocycles. The minimum Gasteiger partial charge on any atom is -0.507 e. The first-order valence-corrected chi connectivity index (χ1v) is 6.43. The molecule has 0 aliphatic rings. The van der Waals surface area contributed by atoms with Crippen LogP contribution >= 0.6 is 15.9 Å². The van der Waals surface area contributed by atoms with Crippen molar-refractivity contribution in [1.29, 1.82) is 0 Å². The highest BCUT2D eigenvalue weighted by Crippen LogP contribution is 2.20. The van der Waals surface area contributed by atoms with Crippen LogP contribution in [0.2, 0.25) is 0 Å². The van der Waals surface area contributed by atoms with Crippen molar-refractivity contribution in [1.82, 2.24) is 5.43 Å². The zero-order chi connectivity index (χ0) is 14.5. The number of aromatic hydroxyl groups is 1. The third-order valence-corrected chi connectivity index (χ3v) is 2.94. The number of phenolic OH excluding ortho intramolecular Hbond substituents is 1. The third kappa shape index (κ3) is 3.64. The summed E-state index contributed by atoms with van der Waals surface area (Å²) in [6.07, 6.45) is 1.30. The van der Waals surface area contributed by atoms with Gasteiger partial charge in [-0.25, -0.2) is 9.82 Å². The normalized spacial score (nSPS) is 10.7. The van der Waals surface area contributed by atoms with Gasteiger partial charge >= 0.3 is 0 Å². The van der Waals surface area contributed by atoms with Gasteiger partial charge in [-0.1, -0.05) is 22.0 Å². The second kappa shape index (κ2) is 6.29. The molecule has 0 bridgehead atoms. The molecule has 0 unspecified atom stereocenters. The number of carbonyl (C=O) groups excluding carboxylic acids is 1. The molecule has 0 aliphatic carbocycles. The molecule has 0 atom stereocenters. The van der Waals surface area contributed by atoms with Crippen LogP contribution in [0.3, 0.4) is 0 Å². The summed E-state index contributed by atoms with van der Waals surface area (Å²) in [5.41, 5.74) is 2.88. The van der Waals surface area contributed by atoms with E-state index < -0.39 is 11.7 Å². The maximum Gasteiger partial charge on any atom is 0.271 e. The van der Waals surface area contributed by atoms with Crippen molar-refractivity contribution in [3.8, 4) is 5.75 Å². The molecule has 4 nitrogen and oxygen atoms in total. The fourth-order valence-electron chi connectivity index (χ4n) is 1.48. The Morgan fingerprint density at radius 1 is 1.30 bits per heavy atom. The van der Waals surface area contributed by atoms with Crippen LogP contribution in [0, 0.1) is 5.82 Å². The van der Waals surface area contributed by atoms with E-state index in [1.54, 1.807) is 12.1 Å². The molecule has 2 aromatic carbocycles. The zero-order valence-corrected chi connectivity index (χ0v) is 11.8. The molecule has 0 spiro atoms. The first-order chi connectivity index (χ1) is 9.56. The Bertz CT molecular complexity index is 674. The van der Waals surface area contributed by atoms with Gasteiger partial charge in [-0.3, -0.25) is 4.79 Å². The van der Waals surface area contributed by atoms with Crippen molar-refractivity contribution in [2.75, 3.05) is 0 Å². The van der Waals surface area contributed by atoms with E-state index in [1.165, 1.54) is 30.5 Å². The Balaban J connectivity index is 2.04. The number of hydrogen-bond donors (Lipinski definition) is 2. The van der Waals surface area contributed by atoms with Crippen molar-refractivity contribution >= 4 is 28.1 Å². The van der Waals surface area contributed by atoms with E-state index in [-0.39, 0.29) is 11.3 Å². The van der Waals surface area contributed by atoms with Crippen LogP contribution in [0.4, 0.5) is 4.39 Å². The van der Waals surface area contributed by atoms with Crippen molar-refractivity contribution in [2.24, 2.45) is 5.10 Å². The summed E-state index contributed by atoms with van der Waals surface area (Å²) in [6.45, 7) is 0. The topological polar surface area (TPSA) is 61.7 Å². The molecular formula is C14H10BrFN2O2. The van der Waals surface area contributed by atoms with E-state index in [1.807, 2.05) is 0 Å². The fourth-order valence-corrected chi connectivity index (χ4v) is 1.83. The van der Waals surface area contributed by atoms with Crippen LogP contribution in [0.15, 0.2) is 52.0 Å². The number of rotatable bonds is 3. The fraction of sp³-hybridized carbons (Fsp3) is 0. The molecule has 2 rings (SSSR count). The molecule has 0 aliphatic heterocycles. The second-order valence-corrected chi connectivity index (χ2v) is 4.83. The van der Waals surface area contributed by atoms with Crippen molar-refractivity contribution in [3.05, 3.63) is 63.9 Å². The lowest BCUT2D eigenvalue weighted by Crippen LogP contribution is -2.17. The number of nitrogens with one attached hydrogen (secondary N) is 1. The number of hydrazone groups is 1. The Morgan fingerprint density at radius 3 is 2.80 bits per heavy atom. The van der Waals surface area contributed by atoms with E-state index in [4.69, 9.17) is 0 Å². The summed E-state index contributed by atoms with van der Waals surface area (Å²) >= 11 is 3.22. The number of benzene rings is 2. The van der Waals surface area contributed by atoms with Crippen molar-refractivity contribution in [3.63, 3.8) is 0 Å². The van der Waals surface area contributed by atoms with Crippen molar-refractivity contribution in [2.45, 2.75) is 0 Å². The first-order valence-electron chi connectivity index (χ1n) is 5.64. The minimum atomic E-state index is -0.530. The summed E-state index contributed by atoms with van der Waals surface area (Å²) in [5.74, 6) is -0.993. The average molecular weight is 337 g/mol. The van der Waals surface area contributed by atoms with Gasteiger partial charge in [-0.15, -0.1) is 0 Å². The summed E-state index contributed by atoms with van der Waals surface area (Å²) in [6, 6.07) is 10.2. The van der Waals surface area contributed by atoms with Crippen molar-refractivity contribution < 1.29 is 14.3 Å². The minimum absolute atomic E-state index is 0.0307. The number of halogens is 2. The maximum absolute atomic E-state index is 12.9. The second-order valence-electron chi connectivity index (χ2n) is 3.91. The lowest BCUT2D eigenvalue weighted by molar-refractivity contribution is 0.0954. The van der Waals surface area contributed by atoms with Gasteiger partial charge in [0.2, 0.25) is 0 Å². The SMILES string of the molecule is O=C(NN=Cc1ccc(Br)cc1O)c1cccc(F)c1. The molecule has 6 heteroatoms. The van der Waals surface area contributed by atoms with E-state index in [0.717, 1.165) is 10.5 Å². The smallest absolute Gasteiger partial charge is 0.271 e. The number of nitrogens with zero attached hydrogens (tertiary/aromatic N) is 1. The van der Waals surface area contributed by atoms with E-state index in [2.05, 4.69) is 26.5 Å². The quantitative estimate of drug-likeness (QED) is 0.668. The lowest BCUT2D eigenvalue weighted by atomic mass is 10.2. The molecule has 0 saturated carbocycles. The molecule has 102 valence electrons. The van der Waals surface area contributed by atoms with Gasteiger partial charge in [0, 0.05) is 15.6 Å². The Kier molecular flexibility index (Phi) is 4.47. The Morgan fingerprint density at radius 2 is 2.10 bits per heavy atom. The van der Waals surface area contributed by atoms with Gasteiger partial charge in [0.05, 0.1) is 6.21 Å². The van der Waals surface area contributed by atoms with Crippen LogP contribution < -0.4 is 5.43 Å². The van der Waals surface area contributed by atoms with E-state index in [9.17, 15) is 14.3 Å². The molecule has 0 heterocycles. The highest BCUT2D eigenvalue weighted by Gasteiger charge is 2.05. The Labute approximate surface area is 123 Å². The standard InChI is InChI=1S/C14H10BrFN2O2/c15-11-5-4-10(13(19)7-11)8-17-18-14(20)9-2-1-3-12(16)6-9/h1-8,19H,(H,18,20). The largest absolute Gasteiger partial charge is 0.507 e. The molecule has 2 N–H and O–H groups in total. The average Bonchev–Trinajstić information content (AvgIpc) is 2.41. The molecule has 0 radical (unpaired) electrons. The van der Waals surface area contributed by atoms with Gasteiger partial charge in [-0.05, 0) is 36.4 Å². The monoisotopic (exact) mass is 336 g/mol. The van der Waals surface area contributed by atoms with Crippen LogP contribution in [0.5, 0.6) is 5.75 Å². The summed E-state index contributed by atoms with van der Waals surface area (Å²) in [7, 11) is 0. The van der Waals surface area contributed by atoms with Crippen LogP contribution in [0.25, 0.3) is 0 Å². The van der Waals surface area contributed by atoms with Gasteiger partial charge in [0.1, 0.15) is 11.6 Å². The molecular weight excluding hydrogens is 327 g/mol. The Hall–Kier alpha value is -2.21. The highest BCUT2D eigenvalue weighted by molar-refractivity contribution is 9.10. The number of hydrogen-bond acceptors (Lipinski definition) is 3. The van der Waals surface area contributed by atoms with Crippen LogP contribution in [-0.2, 0) is 0 Å². The lowest BCUT2D eigenvalue weighted by Gasteiger charge is -2.01. The molecule has 1 amide bonds. The summed E-state index contributed by atoms with van der Waals surface area (Å²) < 4.78 is 13.7. The number of carbonyl (C=O) groups is 1. The predicted molar refractivity (Wildman–Crippen MR) is 77.3 cm³/mol. The van der Waals surface area contributed by atoms with Gasteiger partial charge in [-0.2, -0.15) is 5.10 Å². The maximum atomic E-state index is 12.9. The summed E-state index contributed by atoms with van der Waals surface area (Å²) in [5, 5.41) is 13.3. The molecule has 20 heavy (non-hydrogen) atoms. The van der Waals surface area contributed by atoms with Crippen LogP contribution in [-0.4, -0.2) is 17.2 Å². The van der Waals surface area contributed by atoms with Crippen LogP contribution in [0.1, 0.15) is 15.9 Å². The number of amides is 1.